The number of nitrogens with zero attached hydrogens (tertiary/aromatic N) is 2. The topological polar surface area (TPSA) is 74.3 Å². The fraction of sp³-hybridized carbons (Fsp3) is 0.265. The van der Waals surface area contributed by atoms with Crippen molar-refractivity contribution in [1.82, 2.24) is 10.3 Å². The molecule has 0 saturated heterocycles. The van der Waals surface area contributed by atoms with E-state index in [9.17, 15) is 22.8 Å². The van der Waals surface area contributed by atoms with Crippen molar-refractivity contribution >= 4 is 23.2 Å². The zero-order valence-electron chi connectivity index (χ0n) is 25.0. The van der Waals surface area contributed by atoms with Gasteiger partial charge in [0, 0.05) is 48.2 Å². The lowest BCUT2D eigenvalue weighted by atomic mass is 10.0. The molecule has 226 valence electrons. The molecule has 0 atom stereocenters. The average Bonchev–Trinajstić information content (AvgIpc) is 3.02. The first-order valence-corrected chi connectivity index (χ1v) is 14.3. The summed E-state index contributed by atoms with van der Waals surface area (Å²) in [4.78, 5) is 32.7. The van der Waals surface area contributed by atoms with Crippen LogP contribution < -0.4 is 15.5 Å². The Morgan fingerprint density at radius 3 is 2.21 bits per heavy atom. The van der Waals surface area contributed by atoms with E-state index in [0.29, 0.717) is 28.1 Å². The Hall–Kier alpha value is -4.66. The Kier molecular flexibility index (Phi) is 11.5. The highest BCUT2D eigenvalue weighted by atomic mass is 19.4. The van der Waals surface area contributed by atoms with Crippen molar-refractivity contribution in [3.63, 3.8) is 0 Å². The zero-order chi connectivity index (χ0) is 31.6. The van der Waals surface area contributed by atoms with Crippen molar-refractivity contribution in [1.29, 1.82) is 0 Å². The van der Waals surface area contributed by atoms with Gasteiger partial charge in [-0.05, 0) is 80.9 Å². The van der Waals surface area contributed by atoms with Gasteiger partial charge in [0.2, 0.25) is 0 Å². The summed E-state index contributed by atoms with van der Waals surface area (Å²) in [5.74, 6) is -0.739. The highest BCUT2D eigenvalue weighted by molar-refractivity contribution is 6.06. The Morgan fingerprint density at radius 1 is 0.837 bits per heavy atom. The van der Waals surface area contributed by atoms with E-state index in [0.717, 1.165) is 36.5 Å². The van der Waals surface area contributed by atoms with Gasteiger partial charge in [-0.3, -0.25) is 14.6 Å². The second-order valence-corrected chi connectivity index (χ2v) is 9.54. The fourth-order valence-electron chi connectivity index (χ4n) is 4.48. The summed E-state index contributed by atoms with van der Waals surface area (Å²) in [6, 6.07) is 20.9. The molecule has 0 aliphatic rings. The minimum atomic E-state index is -4.47. The number of halogens is 3. The van der Waals surface area contributed by atoms with E-state index in [1.807, 2.05) is 65.0 Å². The summed E-state index contributed by atoms with van der Waals surface area (Å²) in [6.45, 7) is 11.5. The molecule has 4 aromatic rings. The van der Waals surface area contributed by atoms with E-state index in [4.69, 9.17) is 0 Å². The molecule has 0 radical (unpaired) electrons. The van der Waals surface area contributed by atoms with Crippen LogP contribution in [0.4, 0.5) is 24.5 Å². The number of alkyl halides is 3. The van der Waals surface area contributed by atoms with Crippen LogP contribution in [0.25, 0.3) is 11.3 Å². The molecule has 0 spiro atoms. The molecule has 0 bridgehead atoms. The van der Waals surface area contributed by atoms with Gasteiger partial charge in [0.25, 0.3) is 11.8 Å². The van der Waals surface area contributed by atoms with Gasteiger partial charge in [-0.15, -0.1) is 0 Å². The van der Waals surface area contributed by atoms with E-state index in [1.165, 1.54) is 24.4 Å². The number of aryl methyl sites for hydroxylation is 1. The third-order valence-electron chi connectivity index (χ3n) is 6.67. The number of pyridine rings is 1. The first-order chi connectivity index (χ1) is 20.6. The fourth-order valence-corrected chi connectivity index (χ4v) is 4.48. The Bertz CT molecular complexity index is 1550. The lowest BCUT2D eigenvalue weighted by Gasteiger charge is -2.23. The van der Waals surface area contributed by atoms with Gasteiger partial charge in [0.1, 0.15) is 0 Å². The maximum atomic E-state index is 13.1. The number of nitrogens with one attached hydrogen (secondary N) is 2. The van der Waals surface area contributed by atoms with Crippen molar-refractivity contribution in [2.75, 3.05) is 23.3 Å². The van der Waals surface area contributed by atoms with Crippen LogP contribution >= 0.6 is 0 Å². The molecule has 0 aliphatic carbocycles. The van der Waals surface area contributed by atoms with Crippen LogP contribution in [0.1, 0.15) is 65.1 Å². The molecular weight excluding hydrogens is 553 g/mol. The van der Waals surface area contributed by atoms with E-state index >= 15 is 0 Å². The minimum absolute atomic E-state index is 0.0738. The van der Waals surface area contributed by atoms with Gasteiger partial charge in [-0.1, -0.05) is 43.7 Å². The van der Waals surface area contributed by atoms with Crippen LogP contribution in [0.2, 0.25) is 0 Å². The standard InChI is InChI=1S/C32H31F3N4O2.C2H6/c1-4-39(5-2)26-12-13-28(38-31(41)23-10-6-8-21(3)16-23)27(19-26)29-18-24(14-15-36-29)30(40)37-20-22-9-7-11-25(17-22)32(33,34)35;1-2/h6-19H,4-5,20H2,1-3H3,(H,37,40)(H,38,41);1-2H3. The smallest absolute Gasteiger partial charge is 0.372 e. The number of carbonyl (C=O) groups is 2. The summed E-state index contributed by atoms with van der Waals surface area (Å²) in [6.07, 6.45) is -2.98. The zero-order valence-corrected chi connectivity index (χ0v) is 25.0. The molecular formula is C34H37F3N4O2. The first-order valence-electron chi connectivity index (χ1n) is 14.3. The van der Waals surface area contributed by atoms with Crippen LogP contribution in [0.15, 0.2) is 85.1 Å². The summed E-state index contributed by atoms with van der Waals surface area (Å²) < 4.78 is 39.2. The molecule has 9 heteroatoms. The van der Waals surface area contributed by atoms with Crippen molar-refractivity contribution < 1.29 is 22.8 Å². The Morgan fingerprint density at radius 2 is 1.53 bits per heavy atom. The van der Waals surface area contributed by atoms with Gasteiger partial charge < -0.3 is 15.5 Å². The minimum Gasteiger partial charge on any atom is -0.372 e. The SMILES string of the molecule is CC.CCN(CC)c1ccc(NC(=O)c2cccc(C)c2)c(-c2cc(C(=O)NCc3cccc(C(F)(F)F)c3)ccn2)c1. The van der Waals surface area contributed by atoms with E-state index in [-0.39, 0.29) is 18.0 Å². The van der Waals surface area contributed by atoms with Crippen LogP contribution in [0.5, 0.6) is 0 Å². The molecule has 1 heterocycles. The quantitative estimate of drug-likeness (QED) is 0.206. The van der Waals surface area contributed by atoms with E-state index < -0.39 is 17.6 Å². The second-order valence-electron chi connectivity index (χ2n) is 9.54. The number of rotatable bonds is 9. The molecule has 0 fully saturated rings. The van der Waals surface area contributed by atoms with Crippen LogP contribution in [-0.2, 0) is 12.7 Å². The van der Waals surface area contributed by atoms with Crippen molar-refractivity contribution in [3.05, 3.63) is 113 Å². The predicted molar refractivity (Wildman–Crippen MR) is 166 cm³/mol. The summed E-state index contributed by atoms with van der Waals surface area (Å²) in [5.41, 5.74) is 3.86. The van der Waals surface area contributed by atoms with Crippen molar-refractivity contribution in [2.45, 2.75) is 47.3 Å². The highest BCUT2D eigenvalue weighted by Crippen LogP contribution is 2.32. The van der Waals surface area contributed by atoms with Crippen LogP contribution in [0, 0.1) is 6.92 Å². The number of hydrogen-bond donors (Lipinski definition) is 2. The summed E-state index contributed by atoms with van der Waals surface area (Å²) >= 11 is 0. The number of amides is 2. The monoisotopic (exact) mass is 590 g/mol. The number of hydrogen-bond acceptors (Lipinski definition) is 4. The van der Waals surface area contributed by atoms with Crippen molar-refractivity contribution in [2.24, 2.45) is 0 Å². The molecule has 0 saturated carbocycles. The maximum absolute atomic E-state index is 13.1. The second kappa shape index (κ2) is 15.0. The molecule has 1 aromatic heterocycles. The molecule has 0 unspecified atom stereocenters. The van der Waals surface area contributed by atoms with Gasteiger partial charge in [0.15, 0.2) is 0 Å². The largest absolute Gasteiger partial charge is 0.416 e. The highest BCUT2D eigenvalue weighted by Gasteiger charge is 2.30. The third kappa shape index (κ3) is 8.67. The maximum Gasteiger partial charge on any atom is 0.416 e. The first kappa shape index (κ1) is 32.8. The summed E-state index contributed by atoms with van der Waals surface area (Å²) in [5, 5.41) is 5.66. The number of benzene rings is 3. The number of anilines is 2. The van der Waals surface area contributed by atoms with Gasteiger partial charge in [-0.25, -0.2) is 0 Å². The average molecular weight is 591 g/mol. The van der Waals surface area contributed by atoms with Gasteiger partial charge >= 0.3 is 6.18 Å². The van der Waals surface area contributed by atoms with Crippen LogP contribution in [0.3, 0.4) is 0 Å². The molecule has 43 heavy (non-hydrogen) atoms. The Balaban J connectivity index is 0.00000248. The lowest BCUT2D eigenvalue weighted by Crippen LogP contribution is -2.23. The molecule has 2 amide bonds. The molecule has 2 N–H and O–H groups in total. The number of carbonyl (C=O) groups excluding carboxylic acids is 2. The summed E-state index contributed by atoms with van der Waals surface area (Å²) in [7, 11) is 0. The van der Waals surface area contributed by atoms with E-state index in [2.05, 4.69) is 20.5 Å². The molecule has 6 nitrogen and oxygen atoms in total. The lowest BCUT2D eigenvalue weighted by molar-refractivity contribution is -0.137. The third-order valence-corrected chi connectivity index (χ3v) is 6.67. The number of aromatic nitrogens is 1. The molecule has 0 aliphatic heterocycles. The predicted octanol–water partition coefficient (Wildman–Crippen LogP) is 8.13. The van der Waals surface area contributed by atoms with Crippen molar-refractivity contribution in [3.8, 4) is 11.3 Å². The normalized spacial score (nSPS) is 10.8. The molecule has 3 aromatic carbocycles. The van der Waals surface area contributed by atoms with E-state index in [1.54, 1.807) is 18.2 Å². The van der Waals surface area contributed by atoms with Gasteiger partial charge in [0.05, 0.1) is 16.9 Å². The van der Waals surface area contributed by atoms with Gasteiger partial charge in [-0.2, -0.15) is 13.2 Å². The molecule has 4 rings (SSSR count). The Labute approximate surface area is 251 Å². The van der Waals surface area contributed by atoms with Crippen LogP contribution in [-0.4, -0.2) is 29.9 Å².